The van der Waals surface area contributed by atoms with Gasteiger partial charge in [-0.2, -0.15) is 0 Å². The average molecular weight is 387 g/mol. The van der Waals surface area contributed by atoms with Crippen LogP contribution < -0.4 is 0 Å². The molecule has 4 atom stereocenters. The molecule has 0 N–H and O–H groups in total. The minimum absolute atomic E-state index is 0.0266. The molecule has 0 amide bonds. The molecular formula is C23H27ClO3. The third kappa shape index (κ3) is 3.89. The van der Waals surface area contributed by atoms with E-state index in [1.54, 1.807) is 0 Å². The van der Waals surface area contributed by atoms with E-state index < -0.39 is 0 Å². The zero-order valence-corrected chi connectivity index (χ0v) is 17.0. The Labute approximate surface area is 166 Å². The summed E-state index contributed by atoms with van der Waals surface area (Å²) in [7, 11) is 1.39. The predicted octanol–water partition coefficient (Wildman–Crippen LogP) is 5.18. The van der Waals surface area contributed by atoms with Crippen LogP contribution in [0.3, 0.4) is 0 Å². The molecule has 1 fully saturated rings. The number of allylic oxidation sites excluding steroid dienone is 2. The second kappa shape index (κ2) is 8.02. The second-order valence-corrected chi connectivity index (χ2v) is 8.39. The van der Waals surface area contributed by atoms with Crippen molar-refractivity contribution in [2.45, 2.75) is 39.5 Å². The Hall–Kier alpha value is -1.87. The van der Waals surface area contributed by atoms with E-state index in [2.05, 4.69) is 13.5 Å². The average Bonchev–Trinajstić information content (AvgIpc) is 2.80. The molecule has 3 rings (SSSR count). The van der Waals surface area contributed by atoms with E-state index in [0.717, 1.165) is 36.8 Å². The van der Waals surface area contributed by atoms with Crippen LogP contribution in [-0.4, -0.2) is 18.9 Å². The highest BCUT2D eigenvalue weighted by atomic mass is 35.5. The quantitative estimate of drug-likeness (QED) is 0.529. The van der Waals surface area contributed by atoms with Gasteiger partial charge >= 0.3 is 5.97 Å². The number of fused-ring (bicyclic) bond motifs is 1. The Morgan fingerprint density at radius 3 is 2.56 bits per heavy atom. The summed E-state index contributed by atoms with van der Waals surface area (Å²) in [4.78, 5) is 25.0. The maximum absolute atomic E-state index is 13.1. The third-order valence-electron chi connectivity index (χ3n) is 6.38. The SMILES string of the molecule is C=C(C(=O)OC)[C@@H]1CC[C@H](C)[C@H]2C(=C(C)C(=O)C2Cc2ccc(Cl)cc2)C1. The van der Waals surface area contributed by atoms with Gasteiger partial charge in [-0.15, -0.1) is 0 Å². The second-order valence-electron chi connectivity index (χ2n) is 7.95. The van der Waals surface area contributed by atoms with Gasteiger partial charge in [0, 0.05) is 16.5 Å². The Balaban J connectivity index is 1.87. The highest BCUT2D eigenvalue weighted by molar-refractivity contribution is 6.30. The summed E-state index contributed by atoms with van der Waals surface area (Å²) in [6.45, 7) is 8.15. The Bertz CT molecular complexity index is 790. The molecule has 1 aromatic carbocycles. The van der Waals surface area contributed by atoms with Gasteiger partial charge in [0.15, 0.2) is 5.78 Å². The van der Waals surface area contributed by atoms with Crippen LogP contribution in [0.2, 0.25) is 5.02 Å². The zero-order valence-electron chi connectivity index (χ0n) is 16.3. The monoisotopic (exact) mass is 386 g/mol. The molecule has 0 heterocycles. The first-order valence-electron chi connectivity index (χ1n) is 9.58. The molecular weight excluding hydrogens is 360 g/mol. The van der Waals surface area contributed by atoms with Gasteiger partial charge in [-0.1, -0.05) is 42.8 Å². The minimum Gasteiger partial charge on any atom is -0.466 e. The van der Waals surface area contributed by atoms with Gasteiger partial charge in [-0.25, -0.2) is 4.79 Å². The first-order chi connectivity index (χ1) is 12.8. The number of methoxy groups -OCH3 is 1. The number of esters is 1. The molecule has 0 saturated heterocycles. The largest absolute Gasteiger partial charge is 0.466 e. The van der Waals surface area contributed by atoms with Crippen molar-refractivity contribution in [1.29, 1.82) is 0 Å². The van der Waals surface area contributed by atoms with Crippen LogP contribution in [0.15, 0.2) is 47.6 Å². The molecule has 144 valence electrons. The van der Waals surface area contributed by atoms with E-state index in [1.807, 2.05) is 31.2 Å². The van der Waals surface area contributed by atoms with Crippen molar-refractivity contribution >= 4 is 23.4 Å². The number of ether oxygens (including phenoxy) is 1. The number of benzene rings is 1. The van der Waals surface area contributed by atoms with E-state index in [4.69, 9.17) is 16.3 Å². The molecule has 0 radical (unpaired) electrons. The smallest absolute Gasteiger partial charge is 0.333 e. The van der Waals surface area contributed by atoms with E-state index in [1.165, 1.54) is 12.7 Å². The Morgan fingerprint density at radius 1 is 1.26 bits per heavy atom. The number of hydrogen-bond acceptors (Lipinski definition) is 3. The summed E-state index contributed by atoms with van der Waals surface area (Å²) < 4.78 is 4.87. The number of carbonyl (C=O) groups is 2. The summed E-state index contributed by atoms with van der Waals surface area (Å²) in [6.07, 6.45) is 3.35. The van der Waals surface area contributed by atoms with Crippen molar-refractivity contribution < 1.29 is 14.3 Å². The maximum atomic E-state index is 13.1. The lowest BCUT2D eigenvalue weighted by atomic mass is 9.77. The lowest BCUT2D eigenvalue weighted by Crippen LogP contribution is -2.25. The van der Waals surface area contributed by atoms with E-state index >= 15 is 0 Å². The van der Waals surface area contributed by atoms with Gasteiger partial charge in [0.05, 0.1) is 7.11 Å². The molecule has 27 heavy (non-hydrogen) atoms. The fourth-order valence-electron chi connectivity index (χ4n) is 4.82. The normalized spacial score (nSPS) is 27.9. The lowest BCUT2D eigenvalue weighted by Gasteiger charge is -2.26. The molecule has 3 nitrogen and oxygen atoms in total. The van der Waals surface area contributed by atoms with Gasteiger partial charge in [0.1, 0.15) is 0 Å². The maximum Gasteiger partial charge on any atom is 0.333 e. The van der Waals surface area contributed by atoms with Gasteiger partial charge in [0.25, 0.3) is 0 Å². The number of halogens is 1. The first-order valence-corrected chi connectivity index (χ1v) is 9.96. The van der Waals surface area contributed by atoms with E-state index in [0.29, 0.717) is 16.5 Å². The van der Waals surface area contributed by atoms with E-state index in [-0.39, 0.29) is 29.5 Å². The summed E-state index contributed by atoms with van der Waals surface area (Å²) >= 11 is 6.00. The van der Waals surface area contributed by atoms with Crippen molar-refractivity contribution in [3.63, 3.8) is 0 Å². The predicted molar refractivity (Wildman–Crippen MR) is 108 cm³/mol. The van der Waals surface area contributed by atoms with Crippen molar-refractivity contribution in [3.05, 3.63) is 58.1 Å². The molecule has 0 aliphatic heterocycles. The van der Waals surface area contributed by atoms with Crippen molar-refractivity contribution in [1.82, 2.24) is 0 Å². The Morgan fingerprint density at radius 2 is 1.93 bits per heavy atom. The zero-order chi connectivity index (χ0) is 19.7. The van der Waals surface area contributed by atoms with Crippen LogP contribution in [-0.2, 0) is 20.7 Å². The van der Waals surface area contributed by atoms with Gasteiger partial charge in [-0.05, 0) is 73.6 Å². The molecule has 4 heteroatoms. The van der Waals surface area contributed by atoms with Crippen molar-refractivity contribution in [3.8, 4) is 0 Å². The number of carbonyl (C=O) groups excluding carboxylic acids is 2. The highest BCUT2D eigenvalue weighted by Gasteiger charge is 2.44. The Kier molecular flexibility index (Phi) is 5.90. The highest BCUT2D eigenvalue weighted by Crippen LogP contribution is 2.48. The van der Waals surface area contributed by atoms with Gasteiger partial charge < -0.3 is 4.74 Å². The summed E-state index contributed by atoms with van der Waals surface area (Å²) in [5.74, 6) is 0.573. The summed E-state index contributed by atoms with van der Waals surface area (Å²) in [5.41, 5.74) is 3.77. The van der Waals surface area contributed by atoms with Crippen molar-refractivity contribution in [2.75, 3.05) is 7.11 Å². The van der Waals surface area contributed by atoms with Crippen LogP contribution in [0.1, 0.15) is 38.7 Å². The number of Topliss-reactive ketones (excluding diaryl/α,β-unsaturated/α-hetero) is 1. The summed E-state index contributed by atoms with van der Waals surface area (Å²) in [6, 6.07) is 7.77. The van der Waals surface area contributed by atoms with Crippen LogP contribution in [0.4, 0.5) is 0 Å². The molecule has 2 aliphatic rings. The molecule has 1 aromatic rings. The molecule has 0 aromatic heterocycles. The first kappa shape index (κ1) is 19.9. The molecule has 0 bridgehead atoms. The lowest BCUT2D eigenvalue weighted by molar-refractivity contribution is -0.136. The molecule has 2 aliphatic carbocycles. The van der Waals surface area contributed by atoms with Gasteiger partial charge in [-0.3, -0.25) is 4.79 Å². The fourth-order valence-corrected chi connectivity index (χ4v) is 4.95. The van der Waals surface area contributed by atoms with Crippen LogP contribution in [0, 0.1) is 23.7 Å². The topological polar surface area (TPSA) is 43.4 Å². The van der Waals surface area contributed by atoms with Crippen molar-refractivity contribution in [2.24, 2.45) is 23.7 Å². The minimum atomic E-state index is -0.341. The van der Waals surface area contributed by atoms with Crippen LogP contribution in [0.5, 0.6) is 0 Å². The molecule has 0 spiro atoms. The van der Waals surface area contributed by atoms with Gasteiger partial charge in [0.2, 0.25) is 0 Å². The fraction of sp³-hybridized carbons (Fsp3) is 0.478. The molecule has 1 saturated carbocycles. The van der Waals surface area contributed by atoms with Crippen LogP contribution >= 0.6 is 11.6 Å². The van der Waals surface area contributed by atoms with Crippen LogP contribution in [0.25, 0.3) is 0 Å². The summed E-state index contributed by atoms with van der Waals surface area (Å²) in [5, 5.41) is 0.707. The van der Waals surface area contributed by atoms with E-state index in [9.17, 15) is 9.59 Å². The number of ketones is 1. The third-order valence-corrected chi connectivity index (χ3v) is 6.63. The number of hydrogen-bond donors (Lipinski definition) is 0. The molecule has 1 unspecified atom stereocenters. The number of rotatable bonds is 4. The standard InChI is InChI=1S/C23H27ClO3/c1-13-5-8-17(14(2)23(26)27-4)12-19-15(3)22(25)20(21(13)19)11-16-6-9-18(24)10-7-16/h6-7,9-10,13,17,20-21H,2,5,8,11-12H2,1,3-4H3/t13-,17+,20?,21-/m0/s1.